The number of imidazole rings is 1. The highest BCUT2D eigenvalue weighted by atomic mass is 15.1. The molecular weight excluding hydrogens is 196 g/mol. The third-order valence-electron chi connectivity index (χ3n) is 3.07. The van der Waals surface area contributed by atoms with E-state index in [4.69, 9.17) is 0 Å². The molecule has 1 aromatic heterocycles. The van der Waals surface area contributed by atoms with Crippen LogP contribution in [0, 0.1) is 6.92 Å². The molecule has 16 heavy (non-hydrogen) atoms. The molecular formula is C14H20N2. The fraction of sp³-hybridized carbons (Fsp3) is 0.500. The Labute approximate surface area is 97.3 Å². The predicted molar refractivity (Wildman–Crippen MR) is 68.9 cm³/mol. The molecule has 0 bridgehead atoms. The Morgan fingerprint density at radius 3 is 2.38 bits per heavy atom. The molecule has 0 aliphatic heterocycles. The van der Waals surface area contributed by atoms with Gasteiger partial charge in [0.1, 0.15) is 5.82 Å². The van der Waals surface area contributed by atoms with E-state index in [0.29, 0.717) is 12.0 Å². The summed E-state index contributed by atoms with van der Waals surface area (Å²) in [4.78, 5) is 4.60. The average molecular weight is 216 g/mol. The molecule has 86 valence electrons. The molecule has 1 heterocycles. The molecule has 0 aliphatic carbocycles. The summed E-state index contributed by atoms with van der Waals surface area (Å²) in [6, 6.07) is 7.06. The maximum Gasteiger partial charge on any atom is 0.106 e. The van der Waals surface area contributed by atoms with Gasteiger partial charge in [-0.3, -0.25) is 0 Å². The lowest BCUT2D eigenvalue weighted by atomic mass is 10.0. The first-order valence-corrected chi connectivity index (χ1v) is 5.99. The van der Waals surface area contributed by atoms with Crippen LogP contribution in [0.3, 0.4) is 0 Å². The minimum atomic E-state index is 0.465. The van der Waals surface area contributed by atoms with Crippen molar-refractivity contribution in [1.82, 2.24) is 9.55 Å². The Morgan fingerprint density at radius 1 is 1.12 bits per heavy atom. The minimum Gasteiger partial charge on any atom is -0.326 e. The largest absolute Gasteiger partial charge is 0.326 e. The van der Waals surface area contributed by atoms with Crippen LogP contribution >= 0.6 is 0 Å². The van der Waals surface area contributed by atoms with E-state index in [2.05, 4.69) is 62.4 Å². The molecule has 2 heteroatoms. The fourth-order valence-electron chi connectivity index (χ4n) is 2.24. The number of hydrogen-bond donors (Lipinski definition) is 0. The second-order valence-corrected chi connectivity index (χ2v) is 5.03. The van der Waals surface area contributed by atoms with E-state index in [0.717, 1.165) is 11.3 Å². The molecule has 2 nitrogen and oxygen atoms in total. The number of fused-ring (bicyclic) bond motifs is 1. The zero-order valence-electron chi connectivity index (χ0n) is 10.8. The van der Waals surface area contributed by atoms with Crippen LogP contribution in [-0.4, -0.2) is 9.55 Å². The van der Waals surface area contributed by atoms with Crippen molar-refractivity contribution in [2.75, 3.05) is 0 Å². The summed E-state index contributed by atoms with van der Waals surface area (Å²) >= 11 is 0. The fourth-order valence-corrected chi connectivity index (χ4v) is 2.24. The van der Waals surface area contributed by atoms with E-state index < -0.39 is 0 Å². The monoisotopic (exact) mass is 216 g/mol. The molecule has 2 rings (SSSR count). The topological polar surface area (TPSA) is 17.8 Å². The third-order valence-corrected chi connectivity index (χ3v) is 3.07. The zero-order chi connectivity index (χ0) is 11.9. The molecule has 0 radical (unpaired) electrons. The molecule has 0 N–H and O–H groups in total. The Balaban J connectivity index is 2.69. The maximum absolute atomic E-state index is 4.60. The van der Waals surface area contributed by atoms with Crippen LogP contribution in [0.15, 0.2) is 18.2 Å². The summed E-state index contributed by atoms with van der Waals surface area (Å²) < 4.78 is 2.31. The molecule has 0 spiro atoms. The van der Waals surface area contributed by atoms with Gasteiger partial charge in [-0.1, -0.05) is 19.9 Å². The Morgan fingerprint density at radius 2 is 1.81 bits per heavy atom. The van der Waals surface area contributed by atoms with Gasteiger partial charge in [-0.2, -0.15) is 0 Å². The van der Waals surface area contributed by atoms with Crippen LogP contribution in [0.5, 0.6) is 0 Å². The summed E-state index contributed by atoms with van der Waals surface area (Å²) in [7, 11) is 0. The lowest BCUT2D eigenvalue weighted by molar-refractivity contribution is 0.599. The van der Waals surface area contributed by atoms with Crippen LogP contribution in [0.25, 0.3) is 11.0 Å². The molecule has 2 aromatic rings. The summed E-state index contributed by atoms with van der Waals surface area (Å²) in [6.45, 7) is 10.9. The smallest absolute Gasteiger partial charge is 0.106 e. The first kappa shape index (κ1) is 11.2. The maximum atomic E-state index is 4.60. The lowest BCUT2D eigenvalue weighted by Gasteiger charge is -2.12. The van der Waals surface area contributed by atoms with E-state index in [-0.39, 0.29) is 0 Å². The van der Waals surface area contributed by atoms with Gasteiger partial charge in [-0.15, -0.1) is 0 Å². The van der Waals surface area contributed by atoms with Crippen LogP contribution < -0.4 is 0 Å². The normalized spacial score (nSPS) is 11.9. The van der Waals surface area contributed by atoms with Crippen LogP contribution in [-0.2, 0) is 0 Å². The second kappa shape index (κ2) is 3.93. The average Bonchev–Trinajstić information content (AvgIpc) is 2.51. The van der Waals surface area contributed by atoms with Crippen molar-refractivity contribution in [3.63, 3.8) is 0 Å². The number of nitrogens with zero attached hydrogens (tertiary/aromatic N) is 2. The first-order chi connectivity index (χ1) is 7.50. The molecule has 0 unspecified atom stereocenters. The second-order valence-electron chi connectivity index (χ2n) is 5.03. The van der Waals surface area contributed by atoms with Crippen LogP contribution in [0.2, 0.25) is 0 Å². The highest BCUT2D eigenvalue weighted by Crippen LogP contribution is 2.24. The van der Waals surface area contributed by atoms with Gasteiger partial charge >= 0.3 is 0 Å². The summed E-state index contributed by atoms with van der Waals surface area (Å²) in [5.74, 6) is 1.67. The van der Waals surface area contributed by atoms with Crippen molar-refractivity contribution in [1.29, 1.82) is 0 Å². The van der Waals surface area contributed by atoms with Crippen LogP contribution in [0.4, 0.5) is 0 Å². The lowest BCUT2D eigenvalue weighted by Crippen LogP contribution is -2.03. The van der Waals surface area contributed by atoms with Crippen LogP contribution in [0.1, 0.15) is 51.0 Å². The highest BCUT2D eigenvalue weighted by molar-refractivity contribution is 5.77. The van der Waals surface area contributed by atoms with Crippen molar-refractivity contribution in [2.45, 2.75) is 46.6 Å². The van der Waals surface area contributed by atoms with Gasteiger partial charge in [0.05, 0.1) is 11.0 Å². The van der Waals surface area contributed by atoms with Gasteiger partial charge in [0, 0.05) is 6.04 Å². The van der Waals surface area contributed by atoms with Crippen molar-refractivity contribution in [3.05, 3.63) is 29.6 Å². The number of aryl methyl sites for hydroxylation is 1. The molecule has 0 atom stereocenters. The van der Waals surface area contributed by atoms with Gasteiger partial charge in [0.15, 0.2) is 0 Å². The predicted octanol–water partition coefficient (Wildman–Crippen LogP) is 4.05. The third kappa shape index (κ3) is 1.73. The number of aromatic nitrogens is 2. The Kier molecular flexibility index (Phi) is 2.75. The molecule has 0 aliphatic rings. The van der Waals surface area contributed by atoms with Gasteiger partial charge < -0.3 is 4.57 Å². The molecule has 0 amide bonds. The van der Waals surface area contributed by atoms with Crippen molar-refractivity contribution < 1.29 is 0 Å². The van der Waals surface area contributed by atoms with Gasteiger partial charge in [-0.25, -0.2) is 4.98 Å². The SMILES string of the molecule is Cc1nc2ccc(C(C)C)cc2n1C(C)C. The van der Waals surface area contributed by atoms with Gasteiger partial charge in [0.25, 0.3) is 0 Å². The van der Waals surface area contributed by atoms with Gasteiger partial charge in [0.2, 0.25) is 0 Å². The molecule has 0 fully saturated rings. The van der Waals surface area contributed by atoms with Crippen molar-refractivity contribution in [3.8, 4) is 0 Å². The zero-order valence-corrected chi connectivity index (χ0v) is 10.8. The summed E-state index contributed by atoms with van der Waals surface area (Å²) in [5, 5.41) is 0. The van der Waals surface area contributed by atoms with E-state index in [1.54, 1.807) is 0 Å². The number of benzene rings is 1. The Hall–Kier alpha value is -1.31. The number of rotatable bonds is 2. The van der Waals surface area contributed by atoms with Crippen molar-refractivity contribution in [2.24, 2.45) is 0 Å². The number of hydrogen-bond acceptors (Lipinski definition) is 1. The quantitative estimate of drug-likeness (QED) is 0.740. The van der Waals surface area contributed by atoms with E-state index in [9.17, 15) is 0 Å². The minimum absolute atomic E-state index is 0.465. The Bertz CT molecular complexity index is 507. The van der Waals surface area contributed by atoms with E-state index in [1.807, 2.05) is 0 Å². The first-order valence-electron chi connectivity index (χ1n) is 5.99. The van der Waals surface area contributed by atoms with E-state index in [1.165, 1.54) is 11.1 Å². The standard InChI is InChI=1S/C14H20N2/c1-9(2)12-6-7-13-14(8-12)16(10(3)4)11(5)15-13/h6-10H,1-5H3. The molecule has 1 aromatic carbocycles. The summed E-state index contributed by atoms with van der Waals surface area (Å²) in [5.41, 5.74) is 3.75. The summed E-state index contributed by atoms with van der Waals surface area (Å²) in [6.07, 6.45) is 0. The van der Waals surface area contributed by atoms with Crippen molar-refractivity contribution >= 4 is 11.0 Å². The van der Waals surface area contributed by atoms with Gasteiger partial charge in [-0.05, 0) is 44.4 Å². The molecule has 0 saturated carbocycles. The molecule has 0 saturated heterocycles. The highest BCUT2D eigenvalue weighted by Gasteiger charge is 2.11. The van der Waals surface area contributed by atoms with E-state index >= 15 is 0 Å².